The summed E-state index contributed by atoms with van der Waals surface area (Å²) in [4.78, 5) is 23.3. The van der Waals surface area contributed by atoms with Crippen LogP contribution in [0.3, 0.4) is 0 Å². The Balaban J connectivity index is 2.72. The third-order valence-electron chi connectivity index (χ3n) is 2.27. The maximum Gasteiger partial charge on any atom is 0.417 e. The zero-order valence-corrected chi connectivity index (χ0v) is 12.5. The maximum absolute atomic E-state index is 11.7. The smallest absolute Gasteiger partial charge is 0.417 e. The van der Waals surface area contributed by atoms with Gasteiger partial charge in [-0.25, -0.2) is 9.59 Å². The number of amides is 1. The molecule has 0 radical (unpaired) electrons. The summed E-state index contributed by atoms with van der Waals surface area (Å²) in [6.45, 7) is 3.32. The average molecular weight is 308 g/mol. The average Bonchev–Trinajstić information content (AvgIpc) is 2.39. The van der Waals surface area contributed by atoms with Crippen LogP contribution in [0.5, 0.6) is 5.75 Å². The van der Waals surface area contributed by atoms with E-state index in [0.29, 0.717) is 5.75 Å². The molecule has 0 unspecified atom stereocenters. The lowest BCUT2D eigenvalue weighted by molar-refractivity contribution is -0.137. The standard InChI is InChI=1S/C14H16N2O4S/c1-3-19-13(17)11(9(2)15)12(21)16-14(18)20-10-7-5-4-6-8-10/h4-8H,3,15H2,1-2H3,(H,16,18,21)/b11-9+. The third-order valence-corrected chi connectivity index (χ3v) is 2.58. The molecule has 0 spiro atoms. The fourth-order valence-corrected chi connectivity index (χ4v) is 1.74. The van der Waals surface area contributed by atoms with Crippen molar-refractivity contribution in [2.24, 2.45) is 5.73 Å². The molecule has 0 aromatic heterocycles. The molecule has 1 aromatic rings. The summed E-state index contributed by atoms with van der Waals surface area (Å²) >= 11 is 4.98. The van der Waals surface area contributed by atoms with Gasteiger partial charge >= 0.3 is 12.1 Å². The van der Waals surface area contributed by atoms with Crippen molar-refractivity contribution in [3.63, 3.8) is 0 Å². The number of nitrogens with one attached hydrogen (secondary N) is 1. The van der Waals surface area contributed by atoms with E-state index < -0.39 is 12.1 Å². The van der Waals surface area contributed by atoms with Crippen LogP contribution in [0.15, 0.2) is 41.6 Å². The van der Waals surface area contributed by atoms with Crippen LogP contribution in [0.4, 0.5) is 4.79 Å². The van der Waals surface area contributed by atoms with Gasteiger partial charge in [0, 0.05) is 5.70 Å². The van der Waals surface area contributed by atoms with Gasteiger partial charge in [-0.2, -0.15) is 0 Å². The molecule has 1 amide bonds. The normalized spacial score (nSPS) is 11.1. The quantitative estimate of drug-likeness (QED) is 0.501. The number of carbonyl (C=O) groups is 2. The van der Waals surface area contributed by atoms with Gasteiger partial charge in [-0.1, -0.05) is 30.4 Å². The molecule has 3 N–H and O–H groups in total. The minimum absolute atomic E-state index is 0.0585. The second kappa shape index (κ2) is 8.01. The molecular weight excluding hydrogens is 292 g/mol. The molecule has 0 saturated carbocycles. The highest BCUT2D eigenvalue weighted by molar-refractivity contribution is 7.80. The second-order valence-corrected chi connectivity index (χ2v) is 4.34. The molecule has 0 aliphatic heterocycles. The van der Waals surface area contributed by atoms with E-state index in [1.165, 1.54) is 6.92 Å². The van der Waals surface area contributed by atoms with Crippen LogP contribution < -0.4 is 15.8 Å². The number of carbonyl (C=O) groups excluding carboxylic acids is 2. The molecule has 7 heteroatoms. The van der Waals surface area contributed by atoms with Crippen molar-refractivity contribution in [3.05, 3.63) is 41.6 Å². The largest absolute Gasteiger partial charge is 0.462 e. The Morgan fingerprint density at radius 3 is 2.43 bits per heavy atom. The van der Waals surface area contributed by atoms with Gasteiger partial charge in [0.1, 0.15) is 16.3 Å². The summed E-state index contributed by atoms with van der Waals surface area (Å²) in [5.74, 6) is -0.341. The van der Waals surface area contributed by atoms with Gasteiger partial charge in [-0.05, 0) is 26.0 Å². The lowest BCUT2D eigenvalue weighted by atomic mass is 10.2. The highest BCUT2D eigenvalue weighted by Gasteiger charge is 2.20. The molecule has 0 atom stereocenters. The molecule has 112 valence electrons. The summed E-state index contributed by atoms with van der Waals surface area (Å²) in [5, 5.41) is 2.28. The van der Waals surface area contributed by atoms with Crippen LogP contribution in [0.2, 0.25) is 0 Å². The minimum Gasteiger partial charge on any atom is -0.462 e. The summed E-state index contributed by atoms with van der Waals surface area (Å²) < 4.78 is 9.83. The Labute approximate surface area is 127 Å². The van der Waals surface area contributed by atoms with Crippen LogP contribution in [0.25, 0.3) is 0 Å². The molecule has 1 aromatic carbocycles. The Morgan fingerprint density at radius 2 is 1.90 bits per heavy atom. The zero-order valence-electron chi connectivity index (χ0n) is 11.7. The first-order valence-corrected chi connectivity index (χ1v) is 6.58. The summed E-state index contributed by atoms with van der Waals surface area (Å²) in [6.07, 6.45) is -0.811. The molecule has 0 fully saturated rings. The van der Waals surface area contributed by atoms with Gasteiger partial charge in [-0.3, -0.25) is 5.32 Å². The van der Waals surface area contributed by atoms with Crippen LogP contribution in [-0.2, 0) is 9.53 Å². The van der Waals surface area contributed by atoms with E-state index in [0.717, 1.165) is 0 Å². The number of ether oxygens (including phenoxy) is 2. The molecule has 1 rings (SSSR count). The number of hydrogen-bond donors (Lipinski definition) is 2. The fraction of sp³-hybridized carbons (Fsp3) is 0.214. The van der Waals surface area contributed by atoms with E-state index in [-0.39, 0.29) is 22.9 Å². The van der Waals surface area contributed by atoms with Crippen molar-refractivity contribution in [1.82, 2.24) is 5.32 Å². The van der Waals surface area contributed by atoms with Crippen molar-refractivity contribution < 1.29 is 19.1 Å². The predicted octanol–water partition coefficient (Wildman–Crippen LogP) is 1.90. The van der Waals surface area contributed by atoms with Gasteiger partial charge in [-0.15, -0.1) is 0 Å². The van der Waals surface area contributed by atoms with E-state index in [2.05, 4.69) is 5.32 Å². The number of benzene rings is 1. The number of para-hydroxylation sites is 1. The van der Waals surface area contributed by atoms with Crippen LogP contribution in [-0.4, -0.2) is 23.7 Å². The first-order chi connectivity index (χ1) is 9.95. The second-order valence-electron chi connectivity index (χ2n) is 3.94. The van der Waals surface area contributed by atoms with Gasteiger partial charge in [0.2, 0.25) is 0 Å². The Bertz CT molecular complexity index is 566. The van der Waals surface area contributed by atoms with Crippen molar-refractivity contribution in [1.29, 1.82) is 0 Å². The van der Waals surface area contributed by atoms with Gasteiger partial charge in [0.05, 0.1) is 6.61 Å². The van der Waals surface area contributed by atoms with Crippen LogP contribution >= 0.6 is 12.2 Å². The third kappa shape index (κ3) is 5.23. The fourth-order valence-electron chi connectivity index (χ4n) is 1.41. The van der Waals surface area contributed by atoms with Crippen molar-refractivity contribution in [2.45, 2.75) is 13.8 Å². The van der Waals surface area contributed by atoms with Crippen molar-refractivity contribution in [2.75, 3.05) is 6.61 Å². The highest BCUT2D eigenvalue weighted by atomic mass is 32.1. The number of nitrogens with two attached hydrogens (primary N) is 1. The summed E-state index contributed by atoms with van der Waals surface area (Å²) in [5.41, 5.74) is 5.69. The lowest BCUT2D eigenvalue weighted by Crippen LogP contribution is -2.36. The summed E-state index contributed by atoms with van der Waals surface area (Å²) in [6, 6.07) is 8.44. The van der Waals surface area contributed by atoms with E-state index in [9.17, 15) is 9.59 Å². The topological polar surface area (TPSA) is 90.6 Å². The van der Waals surface area contributed by atoms with Gasteiger partial charge in [0.25, 0.3) is 0 Å². The summed E-state index contributed by atoms with van der Waals surface area (Å²) in [7, 11) is 0. The number of thiocarbonyl (C=S) groups is 1. The molecule has 0 aliphatic carbocycles. The van der Waals surface area contributed by atoms with Gasteiger partial charge in [0.15, 0.2) is 0 Å². The molecule has 0 saturated heterocycles. The number of hydrogen-bond acceptors (Lipinski definition) is 6. The van der Waals surface area contributed by atoms with Crippen LogP contribution in [0.1, 0.15) is 13.8 Å². The minimum atomic E-state index is -0.811. The lowest BCUT2D eigenvalue weighted by Gasteiger charge is -2.11. The number of allylic oxidation sites excluding steroid dienone is 1. The molecule has 21 heavy (non-hydrogen) atoms. The molecule has 0 aliphatic rings. The van der Waals surface area contributed by atoms with E-state index in [1.807, 2.05) is 0 Å². The zero-order chi connectivity index (χ0) is 15.8. The SMILES string of the molecule is CCOC(=O)/C(C(=S)NC(=O)Oc1ccccc1)=C(\C)N. The van der Waals surface area contributed by atoms with Crippen molar-refractivity contribution in [3.8, 4) is 5.75 Å². The first-order valence-electron chi connectivity index (χ1n) is 6.17. The van der Waals surface area contributed by atoms with E-state index in [4.69, 9.17) is 27.4 Å². The van der Waals surface area contributed by atoms with Crippen molar-refractivity contribution >= 4 is 29.3 Å². The van der Waals surface area contributed by atoms with E-state index in [1.54, 1.807) is 37.3 Å². The molecule has 6 nitrogen and oxygen atoms in total. The predicted molar refractivity (Wildman–Crippen MR) is 81.7 cm³/mol. The molecule has 0 heterocycles. The first kappa shape index (κ1) is 16.6. The molecular formula is C14H16N2O4S. The number of esters is 1. The number of rotatable bonds is 4. The highest BCUT2D eigenvalue weighted by Crippen LogP contribution is 2.09. The Hall–Kier alpha value is -2.41. The Morgan fingerprint density at radius 1 is 1.29 bits per heavy atom. The van der Waals surface area contributed by atoms with Gasteiger partial charge < -0.3 is 15.2 Å². The van der Waals surface area contributed by atoms with E-state index >= 15 is 0 Å². The Kier molecular flexibility index (Phi) is 6.35. The monoisotopic (exact) mass is 308 g/mol. The maximum atomic E-state index is 11.7. The van der Waals surface area contributed by atoms with Crippen LogP contribution in [0, 0.1) is 0 Å². The molecule has 0 bridgehead atoms.